The molecule has 1 aromatic heterocycles. The van der Waals surface area contributed by atoms with Gasteiger partial charge in [-0.15, -0.1) is 11.3 Å². The molecule has 0 amide bonds. The van der Waals surface area contributed by atoms with Gasteiger partial charge >= 0.3 is 0 Å². The predicted molar refractivity (Wildman–Crippen MR) is 300 cm³/mol. The quantitative estimate of drug-likeness (QED) is 0.114. The summed E-state index contributed by atoms with van der Waals surface area (Å²) in [6.07, 6.45) is 6.10. The third-order valence-corrected chi connectivity index (χ3v) is 18.2. The van der Waals surface area contributed by atoms with Crippen LogP contribution in [0.15, 0.2) is 193 Å². The Labute approximate surface area is 420 Å². The van der Waals surface area contributed by atoms with Gasteiger partial charge in [0.25, 0.3) is 0 Å². The molecule has 0 bridgehead atoms. The highest BCUT2D eigenvalue weighted by Gasteiger charge is 2.56. The average molecular weight is 927 g/mol. The molecular formula is C67H62N2S. The van der Waals surface area contributed by atoms with Crippen molar-refractivity contribution in [3.8, 4) is 43.8 Å². The Bertz CT molecular complexity index is 3300. The molecule has 0 aliphatic heterocycles. The normalized spacial score (nSPS) is 14.8. The Morgan fingerprint density at radius 2 is 0.686 bits per heavy atom. The lowest BCUT2D eigenvalue weighted by Crippen LogP contribution is -2.32. The summed E-state index contributed by atoms with van der Waals surface area (Å²) in [7, 11) is 0. The van der Waals surface area contributed by atoms with Crippen LogP contribution in [0.5, 0.6) is 0 Å². The summed E-state index contributed by atoms with van der Waals surface area (Å²) in [5.74, 6) is 0. The van der Waals surface area contributed by atoms with Crippen molar-refractivity contribution in [1.82, 2.24) is 0 Å². The summed E-state index contributed by atoms with van der Waals surface area (Å²) in [4.78, 5) is 6.25. The third-order valence-electron chi connectivity index (χ3n) is 17.3. The number of nitrogens with zero attached hydrogens (tertiary/aromatic N) is 2. The molecule has 0 saturated heterocycles. The van der Waals surface area contributed by atoms with Crippen LogP contribution in [0.1, 0.15) is 113 Å². The Morgan fingerprint density at radius 1 is 0.329 bits per heavy atom. The van der Waals surface area contributed by atoms with Gasteiger partial charge < -0.3 is 9.80 Å². The number of hydrogen-bond acceptors (Lipinski definition) is 3. The second-order valence-electron chi connectivity index (χ2n) is 19.8. The maximum atomic E-state index is 2.61. The standard InChI is InChI=1S/C67H62N2S/c1-7-65(8-2)56-43-50(68(46-26-17-13-18-27-46)47-28-19-14-20-29-47)36-39-52(56)59-60-53-40-37-51(69(48-30-21-15-22-31-48)49-32-23-16-24-33-49)44-57(53)67(11-5,12-6)63(60)64-61(62(59)65)54-38-35-45(58-34-25-41-70-58)42-55(54)66(64,9-3)10-4/h13-44H,7-12H2,1-6H3. The monoisotopic (exact) mass is 926 g/mol. The fraction of sp³-hybridized carbons (Fsp3) is 0.224. The number of benzene rings is 8. The van der Waals surface area contributed by atoms with E-state index in [2.05, 4.69) is 245 Å². The van der Waals surface area contributed by atoms with E-state index < -0.39 is 0 Å². The van der Waals surface area contributed by atoms with Gasteiger partial charge in [-0.25, -0.2) is 0 Å². The molecule has 3 aliphatic rings. The summed E-state index contributed by atoms with van der Waals surface area (Å²) >= 11 is 1.85. The molecule has 2 nitrogen and oxygen atoms in total. The van der Waals surface area contributed by atoms with E-state index in [1.165, 1.54) is 71.9 Å². The van der Waals surface area contributed by atoms with Crippen molar-refractivity contribution in [2.24, 2.45) is 0 Å². The lowest BCUT2D eigenvalue weighted by Gasteiger charge is -2.40. The molecule has 0 saturated carbocycles. The lowest BCUT2D eigenvalue weighted by atomic mass is 9.63. The smallest absolute Gasteiger partial charge is 0.0465 e. The minimum Gasteiger partial charge on any atom is -0.310 e. The molecule has 346 valence electrons. The highest BCUT2D eigenvalue weighted by molar-refractivity contribution is 7.13. The van der Waals surface area contributed by atoms with Crippen molar-refractivity contribution in [3.63, 3.8) is 0 Å². The van der Waals surface area contributed by atoms with E-state index in [4.69, 9.17) is 0 Å². The third kappa shape index (κ3) is 6.16. The van der Waals surface area contributed by atoms with Crippen LogP contribution in [0, 0.1) is 0 Å². The lowest BCUT2D eigenvalue weighted by molar-refractivity contribution is 0.445. The number of hydrogen-bond donors (Lipinski definition) is 0. The molecule has 0 unspecified atom stereocenters. The number of thiophene rings is 1. The summed E-state index contributed by atoms with van der Waals surface area (Å²) in [6, 6.07) is 70.9. The van der Waals surface area contributed by atoms with Gasteiger partial charge in [0.2, 0.25) is 0 Å². The molecule has 3 heteroatoms. The van der Waals surface area contributed by atoms with Crippen molar-refractivity contribution in [2.75, 3.05) is 9.80 Å². The molecule has 0 fully saturated rings. The summed E-state index contributed by atoms with van der Waals surface area (Å²) in [5.41, 5.74) is 25.8. The zero-order valence-electron chi connectivity index (χ0n) is 41.5. The van der Waals surface area contributed by atoms with Gasteiger partial charge in [0.1, 0.15) is 0 Å². The van der Waals surface area contributed by atoms with Crippen LogP contribution in [0.3, 0.4) is 0 Å². The zero-order chi connectivity index (χ0) is 47.8. The highest BCUT2D eigenvalue weighted by atomic mass is 32.1. The van der Waals surface area contributed by atoms with E-state index in [0.717, 1.165) is 61.3 Å². The van der Waals surface area contributed by atoms with Crippen LogP contribution in [0.4, 0.5) is 34.1 Å². The van der Waals surface area contributed by atoms with Crippen LogP contribution in [-0.4, -0.2) is 0 Å². The number of rotatable bonds is 13. The van der Waals surface area contributed by atoms with E-state index in [9.17, 15) is 0 Å². The Hall–Kier alpha value is -6.94. The molecule has 1 heterocycles. The first-order valence-electron chi connectivity index (χ1n) is 26.0. The molecule has 70 heavy (non-hydrogen) atoms. The summed E-state index contributed by atoms with van der Waals surface area (Å²) in [5, 5.41) is 2.22. The van der Waals surface area contributed by atoms with Crippen molar-refractivity contribution in [3.05, 3.63) is 227 Å². The fourth-order valence-corrected chi connectivity index (χ4v) is 14.6. The average Bonchev–Trinajstić information content (AvgIpc) is 4.19. The minimum atomic E-state index is -0.221. The van der Waals surface area contributed by atoms with Gasteiger partial charge in [-0.2, -0.15) is 0 Å². The Kier molecular flexibility index (Phi) is 10.9. The highest BCUT2D eigenvalue weighted by Crippen LogP contribution is 2.71. The number of para-hydroxylation sites is 4. The van der Waals surface area contributed by atoms with E-state index in [1.807, 2.05) is 11.3 Å². The second-order valence-corrected chi connectivity index (χ2v) is 20.8. The van der Waals surface area contributed by atoms with Crippen molar-refractivity contribution < 1.29 is 0 Å². The van der Waals surface area contributed by atoms with Crippen molar-refractivity contribution in [1.29, 1.82) is 0 Å². The van der Waals surface area contributed by atoms with Crippen molar-refractivity contribution >= 4 is 45.5 Å². The molecule has 3 aliphatic carbocycles. The SMILES string of the molecule is CCC1(CC)c2cc(N(c3ccccc3)c3ccccc3)ccc2-c2c3c(c4c(c21)-c1ccc(-c2cccs2)cc1C4(CC)CC)C(CC)(CC)c1cc(N(c2ccccc2)c2ccccc2)ccc1-3. The predicted octanol–water partition coefficient (Wildman–Crippen LogP) is 19.6. The zero-order valence-corrected chi connectivity index (χ0v) is 42.3. The minimum absolute atomic E-state index is 0.164. The molecular weight excluding hydrogens is 865 g/mol. The van der Waals surface area contributed by atoms with Gasteiger partial charge in [-0.05, 0) is 201 Å². The van der Waals surface area contributed by atoms with Crippen LogP contribution in [0.25, 0.3) is 43.8 Å². The molecule has 0 atom stereocenters. The van der Waals surface area contributed by atoms with Crippen molar-refractivity contribution in [2.45, 2.75) is 96.3 Å². The molecule has 8 aromatic carbocycles. The van der Waals surface area contributed by atoms with E-state index >= 15 is 0 Å². The topological polar surface area (TPSA) is 6.48 Å². The maximum absolute atomic E-state index is 2.61. The molecule has 12 rings (SSSR count). The van der Waals surface area contributed by atoms with E-state index in [-0.39, 0.29) is 16.2 Å². The van der Waals surface area contributed by atoms with Crippen LogP contribution < -0.4 is 9.80 Å². The summed E-state index contributed by atoms with van der Waals surface area (Å²) in [6.45, 7) is 14.8. The first kappa shape index (κ1) is 44.3. The molecule has 0 N–H and O–H groups in total. The van der Waals surface area contributed by atoms with Crippen LogP contribution in [-0.2, 0) is 16.2 Å². The summed E-state index contributed by atoms with van der Waals surface area (Å²) < 4.78 is 0. The van der Waals surface area contributed by atoms with Gasteiger partial charge in [0.05, 0.1) is 0 Å². The number of fused-ring (bicyclic) bond motifs is 12. The Morgan fingerprint density at radius 3 is 1.09 bits per heavy atom. The van der Waals surface area contributed by atoms with Gasteiger partial charge in [0, 0.05) is 55.2 Å². The first-order valence-corrected chi connectivity index (χ1v) is 26.8. The van der Waals surface area contributed by atoms with Crippen LogP contribution >= 0.6 is 11.3 Å². The van der Waals surface area contributed by atoms with Gasteiger partial charge in [-0.3, -0.25) is 0 Å². The second kappa shape index (κ2) is 17.2. The first-order chi connectivity index (χ1) is 34.4. The largest absolute Gasteiger partial charge is 0.310 e. The molecule has 9 aromatic rings. The molecule has 0 radical (unpaired) electrons. The van der Waals surface area contributed by atoms with Crippen LogP contribution in [0.2, 0.25) is 0 Å². The molecule has 0 spiro atoms. The van der Waals surface area contributed by atoms with Gasteiger partial charge in [-0.1, -0.05) is 145 Å². The Balaban J connectivity index is 1.20. The van der Waals surface area contributed by atoms with E-state index in [0.29, 0.717) is 0 Å². The maximum Gasteiger partial charge on any atom is 0.0465 e. The fourth-order valence-electron chi connectivity index (χ4n) is 13.9. The van der Waals surface area contributed by atoms with E-state index in [1.54, 1.807) is 16.7 Å². The number of anilines is 6. The van der Waals surface area contributed by atoms with Gasteiger partial charge in [0.15, 0.2) is 0 Å².